The number of carbonyl (C=O) groups excluding carboxylic acids is 1. The topological polar surface area (TPSA) is 161 Å². The maximum atomic E-state index is 12.9. The van der Waals surface area contributed by atoms with Gasteiger partial charge in [-0.1, -0.05) is 6.92 Å². The molecular formula is C18H28N3O9P. The van der Waals surface area contributed by atoms with Crippen LogP contribution in [-0.2, 0) is 32.4 Å². The van der Waals surface area contributed by atoms with E-state index in [-0.39, 0.29) is 31.7 Å². The van der Waals surface area contributed by atoms with Crippen LogP contribution in [0.2, 0.25) is 0 Å². The number of fused-ring (bicyclic) bond motifs is 1. The molecule has 3 rings (SSSR count). The zero-order chi connectivity index (χ0) is 23.0. The van der Waals surface area contributed by atoms with Crippen LogP contribution < -0.4 is 17.0 Å². The zero-order valence-electron chi connectivity index (χ0n) is 17.8. The maximum Gasteiger partial charge on any atom is 0.475 e. The van der Waals surface area contributed by atoms with E-state index in [1.165, 1.54) is 12.3 Å². The summed E-state index contributed by atoms with van der Waals surface area (Å²) in [6.07, 6.45) is -1.31. The van der Waals surface area contributed by atoms with Crippen LogP contribution >= 0.6 is 7.82 Å². The third kappa shape index (κ3) is 5.16. The highest BCUT2D eigenvalue weighted by molar-refractivity contribution is 7.48. The van der Waals surface area contributed by atoms with Crippen LogP contribution in [0.1, 0.15) is 40.3 Å². The first kappa shape index (κ1) is 23.8. The molecule has 0 radical (unpaired) electrons. The Hall–Kier alpha value is -1.82. The second kappa shape index (κ2) is 8.97. The summed E-state index contributed by atoms with van der Waals surface area (Å²) in [5, 5.41) is 0. The van der Waals surface area contributed by atoms with Gasteiger partial charge in [0.25, 0.3) is 5.56 Å². The number of esters is 1. The van der Waals surface area contributed by atoms with Gasteiger partial charge in [-0.25, -0.2) is 9.36 Å². The van der Waals surface area contributed by atoms with Gasteiger partial charge in [-0.05, 0) is 27.2 Å². The predicted octanol–water partition coefficient (Wildman–Crippen LogP) is 0.669. The van der Waals surface area contributed by atoms with Crippen molar-refractivity contribution in [1.82, 2.24) is 9.55 Å². The third-order valence-corrected chi connectivity index (χ3v) is 6.53. The fraction of sp³-hybridized carbons (Fsp3) is 0.722. The van der Waals surface area contributed by atoms with Gasteiger partial charge in [-0.15, -0.1) is 0 Å². The van der Waals surface area contributed by atoms with E-state index in [1.54, 1.807) is 27.7 Å². The van der Waals surface area contributed by atoms with Crippen LogP contribution in [0.4, 0.5) is 0 Å². The fourth-order valence-corrected chi connectivity index (χ4v) is 4.92. The van der Waals surface area contributed by atoms with Crippen LogP contribution in [0, 0.1) is 5.92 Å². The Morgan fingerprint density at radius 2 is 2.13 bits per heavy atom. The molecule has 2 aliphatic heterocycles. The van der Waals surface area contributed by atoms with E-state index < -0.39 is 49.0 Å². The first-order valence-electron chi connectivity index (χ1n) is 9.97. The van der Waals surface area contributed by atoms with Gasteiger partial charge < -0.3 is 15.2 Å². The predicted molar refractivity (Wildman–Crippen MR) is 107 cm³/mol. The van der Waals surface area contributed by atoms with Crippen molar-refractivity contribution in [3.8, 4) is 0 Å². The quantitative estimate of drug-likeness (QED) is 0.436. The minimum atomic E-state index is -3.97. The highest BCUT2D eigenvalue weighted by Crippen LogP contribution is 2.58. The molecule has 6 atom stereocenters. The average Bonchev–Trinajstić information content (AvgIpc) is 2.91. The number of nitrogens with zero attached hydrogens (tertiary/aromatic N) is 1. The summed E-state index contributed by atoms with van der Waals surface area (Å²) in [5.74, 6) is -0.840. The van der Waals surface area contributed by atoms with Crippen molar-refractivity contribution in [1.29, 1.82) is 0 Å². The van der Waals surface area contributed by atoms with E-state index in [4.69, 9.17) is 28.8 Å². The molecule has 3 heterocycles. The lowest BCUT2D eigenvalue weighted by molar-refractivity contribution is -0.152. The van der Waals surface area contributed by atoms with Crippen molar-refractivity contribution in [2.45, 2.75) is 64.2 Å². The lowest BCUT2D eigenvalue weighted by Crippen LogP contribution is -2.55. The Morgan fingerprint density at radius 1 is 1.42 bits per heavy atom. The highest BCUT2D eigenvalue weighted by Gasteiger charge is 2.59. The fourth-order valence-electron chi connectivity index (χ4n) is 3.42. The van der Waals surface area contributed by atoms with Crippen molar-refractivity contribution in [2.24, 2.45) is 11.7 Å². The Morgan fingerprint density at radius 3 is 2.77 bits per heavy atom. The molecule has 0 spiro atoms. The molecule has 0 amide bonds. The molecule has 2 fully saturated rings. The SMILES string of the molecule is CC(C)OC(=O)C(C)CCOP1(=O)OC[C@H]2O[C@@H](n3ccc(=O)[nH]c3=O)[C@](C)(N)[C@@H]2O1. The largest absolute Gasteiger partial charge is 0.475 e. The van der Waals surface area contributed by atoms with E-state index in [9.17, 15) is 18.9 Å². The average molecular weight is 461 g/mol. The summed E-state index contributed by atoms with van der Waals surface area (Å²) in [6, 6.07) is 1.17. The second-order valence-corrected chi connectivity index (χ2v) is 9.81. The Kier molecular flexibility index (Phi) is 6.90. The van der Waals surface area contributed by atoms with E-state index in [0.29, 0.717) is 0 Å². The van der Waals surface area contributed by atoms with Crippen LogP contribution in [-0.4, -0.2) is 52.6 Å². The van der Waals surface area contributed by atoms with Crippen LogP contribution in [0.3, 0.4) is 0 Å². The molecule has 2 unspecified atom stereocenters. The molecule has 1 aromatic rings. The van der Waals surface area contributed by atoms with E-state index in [0.717, 1.165) is 4.57 Å². The minimum Gasteiger partial charge on any atom is -0.463 e. The van der Waals surface area contributed by atoms with Crippen molar-refractivity contribution in [3.63, 3.8) is 0 Å². The van der Waals surface area contributed by atoms with Gasteiger partial charge in [-0.2, -0.15) is 0 Å². The van der Waals surface area contributed by atoms with E-state index in [2.05, 4.69) is 4.98 Å². The van der Waals surface area contributed by atoms with Gasteiger partial charge in [0.05, 0.1) is 30.8 Å². The monoisotopic (exact) mass is 461 g/mol. The van der Waals surface area contributed by atoms with Crippen LogP contribution in [0.15, 0.2) is 21.9 Å². The number of nitrogens with two attached hydrogens (primary N) is 1. The minimum absolute atomic E-state index is 0.0615. The number of aromatic amines is 1. The Balaban J connectivity index is 1.65. The molecule has 0 aromatic carbocycles. The molecule has 0 aliphatic carbocycles. The molecular weight excluding hydrogens is 433 g/mol. The number of hydrogen-bond donors (Lipinski definition) is 2. The first-order valence-corrected chi connectivity index (χ1v) is 11.4. The smallest absolute Gasteiger partial charge is 0.463 e. The lowest BCUT2D eigenvalue weighted by Gasteiger charge is -2.35. The molecule has 31 heavy (non-hydrogen) atoms. The Bertz CT molecular complexity index is 973. The number of phosphoric ester groups is 1. The van der Waals surface area contributed by atoms with Gasteiger partial charge in [0.15, 0.2) is 6.23 Å². The van der Waals surface area contributed by atoms with Gasteiger partial charge in [0.2, 0.25) is 0 Å². The maximum absolute atomic E-state index is 12.9. The second-order valence-electron chi connectivity index (χ2n) is 8.19. The number of H-pyrrole nitrogens is 1. The van der Waals surface area contributed by atoms with Crippen molar-refractivity contribution >= 4 is 13.8 Å². The molecule has 0 bridgehead atoms. The van der Waals surface area contributed by atoms with Crippen molar-refractivity contribution in [2.75, 3.05) is 13.2 Å². The van der Waals surface area contributed by atoms with Gasteiger partial charge >= 0.3 is 19.5 Å². The summed E-state index contributed by atoms with van der Waals surface area (Å²) in [6.45, 7) is 6.57. The van der Waals surface area contributed by atoms with Crippen molar-refractivity contribution in [3.05, 3.63) is 33.1 Å². The number of phosphoric acid groups is 1. The van der Waals surface area contributed by atoms with Crippen LogP contribution in [0.5, 0.6) is 0 Å². The third-order valence-electron chi connectivity index (χ3n) is 5.08. The number of aromatic nitrogens is 2. The molecule has 2 saturated heterocycles. The Labute approximate surface area is 178 Å². The van der Waals surface area contributed by atoms with Crippen LogP contribution in [0.25, 0.3) is 0 Å². The summed E-state index contributed by atoms with van der Waals surface area (Å²) in [7, 11) is -3.97. The summed E-state index contributed by atoms with van der Waals surface area (Å²) >= 11 is 0. The molecule has 3 N–H and O–H groups in total. The lowest BCUT2D eigenvalue weighted by atomic mass is 9.93. The number of carbonyl (C=O) groups is 1. The number of ether oxygens (including phenoxy) is 2. The molecule has 1 aromatic heterocycles. The van der Waals surface area contributed by atoms with Crippen molar-refractivity contribution < 1.29 is 32.4 Å². The molecule has 2 aliphatic rings. The summed E-state index contributed by atoms with van der Waals surface area (Å²) < 4.78 is 41.2. The first-order chi connectivity index (χ1) is 14.4. The normalized spacial score (nSPS) is 33.8. The van der Waals surface area contributed by atoms with Gasteiger partial charge in [0, 0.05) is 12.3 Å². The molecule has 0 saturated carbocycles. The van der Waals surface area contributed by atoms with Gasteiger partial charge in [0.1, 0.15) is 12.2 Å². The zero-order valence-corrected chi connectivity index (χ0v) is 18.7. The number of nitrogens with one attached hydrogen (secondary N) is 1. The summed E-state index contributed by atoms with van der Waals surface area (Å²) in [4.78, 5) is 37.5. The summed E-state index contributed by atoms with van der Waals surface area (Å²) in [5.41, 5.74) is 3.86. The van der Waals surface area contributed by atoms with E-state index in [1.807, 2.05) is 0 Å². The molecule has 174 valence electrons. The van der Waals surface area contributed by atoms with Gasteiger partial charge in [-0.3, -0.25) is 32.7 Å². The number of rotatable bonds is 7. The van der Waals surface area contributed by atoms with E-state index >= 15 is 0 Å². The highest BCUT2D eigenvalue weighted by atomic mass is 31.2. The molecule has 12 nitrogen and oxygen atoms in total. The standard InChI is InChI=1S/C18H28N3O9P/c1-10(2)28-15(23)11(3)6-8-26-31(25)27-9-12-14(30-31)18(4,19)16(29-12)21-7-5-13(22)20-17(21)24/h5,7,10-12,14,16H,6,8-9,19H2,1-4H3,(H,20,22,24)/t11?,12-,14-,16-,18-,31?/m1/s1. The number of hydrogen-bond acceptors (Lipinski definition) is 10. The molecule has 13 heteroatoms.